The summed E-state index contributed by atoms with van der Waals surface area (Å²) in [6, 6.07) is 18.3. The van der Waals surface area contributed by atoms with Crippen LogP contribution in [0.15, 0.2) is 65.6 Å². The molecule has 0 aromatic heterocycles. The summed E-state index contributed by atoms with van der Waals surface area (Å²) in [6.45, 7) is 2.71. The average molecular weight is 426 g/mol. The topological polar surface area (TPSA) is 81.7 Å². The monoisotopic (exact) mass is 425 g/mol. The van der Waals surface area contributed by atoms with Gasteiger partial charge in [-0.3, -0.25) is 4.79 Å². The molecule has 156 valence electrons. The molecule has 1 N–H and O–H groups in total. The van der Waals surface area contributed by atoms with Gasteiger partial charge in [-0.2, -0.15) is 0 Å². The normalized spacial score (nSPS) is 14.3. The lowest BCUT2D eigenvalue weighted by molar-refractivity contribution is -0.121. The van der Waals surface area contributed by atoms with Crippen molar-refractivity contribution in [3.63, 3.8) is 0 Å². The minimum Gasteiger partial charge on any atom is -0.486 e. The van der Waals surface area contributed by atoms with Gasteiger partial charge in [0, 0.05) is 12.5 Å². The lowest BCUT2D eigenvalue weighted by Crippen LogP contribution is -2.28. The van der Waals surface area contributed by atoms with Crippen LogP contribution in [0.5, 0.6) is 11.5 Å². The maximum atomic E-state index is 12.6. The fourth-order valence-electron chi connectivity index (χ4n) is 3.44. The van der Waals surface area contributed by atoms with Crippen molar-refractivity contribution in [3.05, 3.63) is 66.2 Å². The molecule has 0 unspecified atom stereocenters. The van der Waals surface area contributed by atoms with Crippen molar-refractivity contribution in [2.24, 2.45) is 0 Å². The number of hydrogen-bond acceptors (Lipinski definition) is 5. The van der Waals surface area contributed by atoms with Gasteiger partial charge in [-0.05, 0) is 41.5 Å². The van der Waals surface area contributed by atoms with Gasteiger partial charge in [-0.1, -0.05) is 36.4 Å². The standard InChI is InChI=1S/C23H23NO5S/c1-16(18-7-6-17-4-2-3-5-19(17)14-18)24-23(25)10-13-30(26,27)20-8-9-21-22(15-20)29-12-11-28-21/h2-9,14-16H,10-13H2,1H3,(H,24,25)/t16-/m0/s1. The molecule has 1 amide bonds. The zero-order valence-corrected chi connectivity index (χ0v) is 17.4. The first-order valence-corrected chi connectivity index (χ1v) is 11.5. The first-order valence-electron chi connectivity index (χ1n) is 9.83. The van der Waals surface area contributed by atoms with Crippen molar-refractivity contribution in [2.45, 2.75) is 24.3 Å². The fourth-order valence-corrected chi connectivity index (χ4v) is 4.69. The van der Waals surface area contributed by atoms with E-state index in [4.69, 9.17) is 9.47 Å². The highest BCUT2D eigenvalue weighted by atomic mass is 32.2. The predicted octanol–water partition coefficient (Wildman–Crippen LogP) is 3.65. The molecule has 4 rings (SSSR count). The number of carbonyl (C=O) groups is 1. The van der Waals surface area contributed by atoms with E-state index in [2.05, 4.69) is 5.32 Å². The molecule has 0 spiro atoms. The Hall–Kier alpha value is -3.06. The molecule has 3 aromatic carbocycles. The molecular formula is C23H23NO5S. The second-order valence-electron chi connectivity index (χ2n) is 7.27. The van der Waals surface area contributed by atoms with Crippen molar-refractivity contribution in [1.29, 1.82) is 0 Å². The van der Waals surface area contributed by atoms with Gasteiger partial charge in [0.05, 0.1) is 16.7 Å². The van der Waals surface area contributed by atoms with Gasteiger partial charge >= 0.3 is 0 Å². The molecule has 30 heavy (non-hydrogen) atoms. The van der Waals surface area contributed by atoms with Crippen LogP contribution in [0, 0.1) is 0 Å². The molecule has 7 heteroatoms. The number of ether oxygens (including phenoxy) is 2. The van der Waals surface area contributed by atoms with E-state index in [1.54, 1.807) is 6.07 Å². The summed E-state index contributed by atoms with van der Waals surface area (Å²) in [6.07, 6.45) is -0.116. The lowest BCUT2D eigenvalue weighted by Gasteiger charge is -2.19. The molecular weight excluding hydrogens is 402 g/mol. The first-order chi connectivity index (χ1) is 14.4. The van der Waals surface area contributed by atoms with Crippen LogP contribution in [-0.4, -0.2) is 33.3 Å². The van der Waals surface area contributed by atoms with Crippen LogP contribution < -0.4 is 14.8 Å². The van der Waals surface area contributed by atoms with Crippen LogP contribution in [0.2, 0.25) is 0 Å². The van der Waals surface area contributed by atoms with Crippen molar-refractivity contribution in [2.75, 3.05) is 19.0 Å². The Labute approximate surface area is 175 Å². The maximum Gasteiger partial charge on any atom is 0.221 e. The zero-order chi connectivity index (χ0) is 21.1. The van der Waals surface area contributed by atoms with Crippen LogP contribution in [0.25, 0.3) is 10.8 Å². The number of amides is 1. The third-order valence-corrected chi connectivity index (χ3v) is 6.84. The highest BCUT2D eigenvalue weighted by molar-refractivity contribution is 7.91. The zero-order valence-electron chi connectivity index (χ0n) is 16.6. The van der Waals surface area contributed by atoms with Crippen molar-refractivity contribution >= 4 is 26.5 Å². The van der Waals surface area contributed by atoms with Gasteiger partial charge in [0.1, 0.15) is 13.2 Å². The molecule has 0 bridgehead atoms. The minimum atomic E-state index is -3.61. The van der Waals surface area contributed by atoms with Gasteiger partial charge < -0.3 is 14.8 Å². The number of fused-ring (bicyclic) bond motifs is 2. The Balaban J connectivity index is 1.38. The first kappa shape index (κ1) is 20.2. The third kappa shape index (κ3) is 4.41. The highest BCUT2D eigenvalue weighted by Gasteiger charge is 2.21. The van der Waals surface area contributed by atoms with Crippen molar-refractivity contribution in [3.8, 4) is 11.5 Å². The number of rotatable bonds is 6. The Morgan fingerprint density at radius 1 is 0.967 bits per heavy atom. The summed E-state index contributed by atoms with van der Waals surface area (Å²) in [7, 11) is -3.61. The van der Waals surface area contributed by atoms with Crippen LogP contribution in [0.1, 0.15) is 24.9 Å². The van der Waals surface area contributed by atoms with E-state index in [1.807, 2.05) is 49.4 Å². The van der Waals surface area contributed by atoms with Crippen molar-refractivity contribution < 1.29 is 22.7 Å². The Bertz CT molecular complexity index is 1190. The molecule has 1 aliphatic heterocycles. The van der Waals surface area contributed by atoms with E-state index in [-0.39, 0.29) is 29.0 Å². The SMILES string of the molecule is C[C@H](NC(=O)CCS(=O)(=O)c1ccc2c(c1)OCCO2)c1ccc2ccccc2c1. The van der Waals surface area contributed by atoms with Crippen LogP contribution in [0.4, 0.5) is 0 Å². The fraction of sp³-hybridized carbons (Fsp3) is 0.261. The quantitative estimate of drug-likeness (QED) is 0.652. The average Bonchev–Trinajstić information content (AvgIpc) is 2.77. The Morgan fingerprint density at radius 3 is 2.50 bits per heavy atom. The largest absolute Gasteiger partial charge is 0.486 e. The molecule has 1 atom stereocenters. The molecule has 0 radical (unpaired) electrons. The smallest absolute Gasteiger partial charge is 0.221 e. The lowest BCUT2D eigenvalue weighted by atomic mass is 10.0. The Kier molecular flexibility index (Phi) is 5.63. The predicted molar refractivity (Wildman–Crippen MR) is 115 cm³/mol. The molecule has 0 aliphatic carbocycles. The maximum absolute atomic E-state index is 12.6. The Morgan fingerprint density at radius 2 is 1.70 bits per heavy atom. The summed E-state index contributed by atoms with van der Waals surface area (Å²) < 4.78 is 36.2. The van der Waals surface area contributed by atoms with E-state index in [9.17, 15) is 13.2 Å². The summed E-state index contributed by atoms with van der Waals surface area (Å²) in [5.41, 5.74) is 0.969. The molecule has 0 saturated heterocycles. The van der Waals surface area contributed by atoms with Gasteiger partial charge in [0.25, 0.3) is 0 Å². The molecule has 3 aromatic rings. The molecule has 6 nitrogen and oxygen atoms in total. The summed E-state index contributed by atoms with van der Waals surface area (Å²) >= 11 is 0. The summed E-state index contributed by atoms with van der Waals surface area (Å²) in [5, 5.41) is 5.11. The van der Waals surface area contributed by atoms with Crippen molar-refractivity contribution in [1.82, 2.24) is 5.32 Å². The summed E-state index contributed by atoms with van der Waals surface area (Å²) in [5.74, 6) is 0.360. The minimum absolute atomic E-state index is 0.116. The van der Waals surface area contributed by atoms with E-state index >= 15 is 0 Å². The molecule has 0 saturated carbocycles. The van der Waals surface area contributed by atoms with E-state index < -0.39 is 9.84 Å². The van der Waals surface area contributed by atoms with E-state index in [1.165, 1.54) is 12.1 Å². The molecule has 1 aliphatic rings. The number of nitrogens with one attached hydrogen (secondary N) is 1. The van der Waals surface area contributed by atoms with Gasteiger partial charge in [0.2, 0.25) is 5.91 Å². The second kappa shape index (κ2) is 8.36. The molecule has 1 heterocycles. The van der Waals surface area contributed by atoms with Crippen LogP contribution in [-0.2, 0) is 14.6 Å². The summed E-state index contributed by atoms with van der Waals surface area (Å²) in [4.78, 5) is 12.5. The van der Waals surface area contributed by atoms with Crippen LogP contribution >= 0.6 is 0 Å². The van der Waals surface area contributed by atoms with E-state index in [0.717, 1.165) is 16.3 Å². The van der Waals surface area contributed by atoms with Gasteiger partial charge in [-0.25, -0.2) is 8.42 Å². The van der Waals surface area contributed by atoms with E-state index in [0.29, 0.717) is 24.7 Å². The third-order valence-electron chi connectivity index (χ3n) is 5.12. The number of benzene rings is 3. The number of sulfone groups is 1. The number of hydrogen-bond donors (Lipinski definition) is 1. The molecule has 0 fully saturated rings. The number of carbonyl (C=O) groups excluding carboxylic acids is 1. The van der Waals surface area contributed by atoms with Crippen LogP contribution in [0.3, 0.4) is 0 Å². The second-order valence-corrected chi connectivity index (χ2v) is 9.38. The highest BCUT2D eigenvalue weighted by Crippen LogP contribution is 2.32. The van der Waals surface area contributed by atoms with Gasteiger partial charge in [0.15, 0.2) is 21.3 Å². The van der Waals surface area contributed by atoms with Gasteiger partial charge in [-0.15, -0.1) is 0 Å².